The van der Waals surface area contributed by atoms with Crippen LogP contribution in [0.3, 0.4) is 0 Å². The molecule has 0 saturated heterocycles. The van der Waals surface area contributed by atoms with Crippen LogP contribution in [0.25, 0.3) is 0 Å². The number of rotatable bonds is 10. The van der Waals surface area contributed by atoms with Crippen LogP contribution in [0.15, 0.2) is 0 Å². The third-order valence-corrected chi connectivity index (χ3v) is 5.00. The average molecular weight is 250 g/mol. The predicted octanol–water partition coefficient (Wildman–Crippen LogP) is 2.00. The van der Waals surface area contributed by atoms with Crippen LogP contribution >= 0.6 is 0 Å². The molecule has 0 aliphatic carbocycles. The predicted molar refractivity (Wildman–Crippen MR) is 66.7 cm³/mol. The normalized spacial score (nSPS) is 12.4. The molecule has 0 rings (SSSR count). The molecule has 4 nitrogen and oxygen atoms in total. The molecule has 0 saturated carbocycles. The molecule has 16 heavy (non-hydrogen) atoms. The van der Waals surface area contributed by atoms with Crippen LogP contribution in [0.4, 0.5) is 0 Å². The Hall–Kier alpha value is 0.0569. The van der Waals surface area contributed by atoms with Gasteiger partial charge in [0.1, 0.15) is 0 Å². The molecule has 0 aromatic heterocycles. The summed E-state index contributed by atoms with van der Waals surface area (Å²) in [4.78, 5) is 0. The third-order valence-electron chi connectivity index (χ3n) is 2.27. The monoisotopic (exact) mass is 250 g/mol. The fourth-order valence-corrected chi connectivity index (χ4v) is 3.79. The lowest BCUT2D eigenvalue weighted by Crippen LogP contribution is -2.54. The molecule has 0 fully saturated rings. The average Bonchev–Trinajstić information content (AvgIpc) is 2.28. The number of ether oxygens (including phenoxy) is 2. The fourth-order valence-electron chi connectivity index (χ4n) is 1.64. The van der Waals surface area contributed by atoms with Gasteiger partial charge in [-0.25, -0.2) is 0 Å². The minimum Gasteiger partial charge on any atom is -0.394 e. The smallest absolute Gasteiger partial charge is 0.383 e. The maximum atomic E-state index is 5.78. The summed E-state index contributed by atoms with van der Waals surface area (Å²) in [5.41, 5.74) is -0.643. The zero-order chi connectivity index (χ0) is 12.4. The Labute approximate surface area is 101 Å². The molecule has 0 spiro atoms. The first-order valence-corrected chi connectivity index (χ1v) is 7.73. The van der Waals surface area contributed by atoms with E-state index in [4.69, 9.17) is 18.3 Å². The lowest BCUT2D eigenvalue weighted by molar-refractivity contribution is -0.197. The van der Waals surface area contributed by atoms with Crippen LogP contribution in [0.5, 0.6) is 0 Å². The van der Waals surface area contributed by atoms with Gasteiger partial charge >= 0.3 is 9.28 Å². The van der Waals surface area contributed by atoms with Crippen molar-refractivity contribution in [3.63, 3.8) is 0 Å². The molecule has 0 aliphatic rings. The summed E-state index contributed by atoms with van der Waals surface area (Å²) in [6.07, 6.45) is 0.756. The zero-order valence-electron chi connectivity index (χ0n) is 11.2. The lowest BCUT2D eigenvalue weighted by Gasteiger charge is -2.36. The molecule has 0 atom stereocenters. The largest absolute Gasteiger partial charge is 0.394 e. The molecule has 0 bridgehead atoms. The second-order valence-electron chi connectivity index (χ2n) is 3.27. The van der Waals surface area contributed by atoms with Gasteiger partial charge in [-0.1, -0.05) is 6.92 Å². The summed E-state index contributed by atoms with van der Waals surface area (Å²) in [6.45, 7) is 12.4. The van der Waals surface area contributed by atoms with Crippen LogP contribution < -0.4 is 0 Å². The van der Waals surface area contributed by atoms with Crippen molar-refractivity contribution in [3.05, 3.63) is 0 Å². The van der Waals surface area contributed by atoms with Crippen LogP contribution in [0.1, 0.15) is 41.0 Å². The van der Waals surface area contributed by atoms with Crippen molar-refractivity contribution >= 4 is 9.28 Å². The molecule has 0 unspecified atom stereocenters. The minimum atomic E-state index is -1.96. The van der Waals surface area contributed by atoms with Crippen molar-refractivity contribution in [2.24, 2.45) is 0 Å². The van der Waals surface area contributed by atoms with Gasteiger partial charge < -0.3 is 18.3 Å². The second-order valence-corrected chi connectivity index (χ2v) is 5.48. The van der Waals surface area contributed by atoms with E-state index in [9.17, 15) is 0 Å². The molecule has 0 aromatic carbocycles. The van der Waals surface area contributed by atoms with Gasteiger partial charge in [0.25, 0.3) is 0 Å². The highest BCUT2D eigenvalue weighted by atomic mass is 28.3. The van der Waals surface area contributed by atoms with Gasteiger partial charge in [0.05, 0.1) is 0 Å². The maximum Gasteiger partial charge on any atom is 0.383 e. The third kappa shape index (κ3) is 4.51. The Balaban J connectivity index is 4.73. The molecule has 5 heteroatoms. The number of hydrogen-bond acceptors (Lipinski definition) is 4. The Morgan fingerprint density at radius 1 is 0.750 bits per heavy atom. The molecule has 0 N–H and O–H groups in total. The van der Waals surface area contributed by atoms with Crippen molar-refractivity contribution in [2.45, 2.75) is 46.4 Å². The molecule has 98 valence electrons. The van der Waals surface area contributed by atoms with Gasteiger partial charge in [-0.15, -0.1) is 0 Å². The molecule has 0 aliphatic heterocycles. The maximum absolute atomic E-state index is 5.78. The highest BCUT2D eigenvalue weighted by molar-refractivity contribution is 6.47. The molecule has 0 aromatic rings. The number of hydrogen-bond donors (Lipinski definition) is 0. The SMILES string of the molecule is CCO[SiH](OCC)C(CC)(OCC)OCC. The van der Waals surface area contributed by atoms with E-state index in [0.717, 1.165) is 6.42 Å². The van der Waals surface area contributed by atoms with Crippen LogP contribution in [-0.2, 0) is 18.3 Å². The van der Waals surface area contributed by atoms with E-state index >= 15 is 0 Å². The first kappa shape index (κ1) is 16.1. The second kappa shape index (κ2) is 9.12. The summed E-state index contributed by atoms with van der Waals surface area (Å²) < 4.78 is 23.0. The van der Waals surface area contributed by atoms with Crippen molar-refractivity contribution < 1.29 is 18.3 Å². The Bertz CT molecular complexity index is 154. The Morgan fingerprint density at radius 3 is 1.44 bits per heavy atom. The van der Waals surface area contributed by atoms with Gasteiger partial charge in [-0.05, 0) is 27.7 Å². The van der Waals surface area contributed by atoms with Crippen LogP contribution in [0, 0.1) is 0 Å². The van der Waals surface area contributed by atoms with Crippen molar-refractivity contribution in [1.82, 2.24) is 0 Å². The van der Waals surface area contributed by atoms with E-state index in [0.29, 0.717) is 26.4 Å². The van der Waals surface area contributed by atoms with E-state index in [-0.39, 0.29) is 0 Å². The van der Waals surface area contributed by atoms with E-state index in [2.05, 4.69) is 0 Å². The van der Waals surface area contributed by atoms with E-state index in [1.807, 2.05) is 34.6 Å². The summed E-state index contributed by atoms with van der Waals surface area (Å²) in [5, 5.41) is 0. The zero-order valence-corrected chi connectivity index (χ0v) is 12.4. The van der Waals surface area contributed by atoms with E-state index < -0.39 is 14.7 Å². The van der Waals surface area contributed by atoms with Gasteiger partial charge in [0, 0.05) is 32.8 Å². The first-order valence-electron chi connectivity index (χ1n) is 6.21. The quantitative estimate of drug-likeness (QED) is 0.439. The van der Waals surface area contributed by atoms with E-state index in [1.54, 1.807) is 0 Å². The molecular formula is C11H26O4Si. The highest BCUT2D eigenvalue weighted by Crippen LogP contribution is 2.23. The topological polar surface area (TPSA) is 36.9 Å². The summed E-state index contributed by atoms with van der Waals surface area (Å²) >= 11 is 0. The van der Waals surface area contributed by atoms with Gasteiger partial charge in [0.15, 0.2) is 0 Å². The Kier molecular flexibility index (Phi) is 9.16. The van der Waals surface area contributed by atoms with Crippen LogP contribution in [-0.4, -0.2) is 41.1 Å². The summed E-state index contributed by atoms with van der Waals surface area (Å²) in [5.74, 6) is 0. The van der Waals surface area contributed by atoms with Gasteiger partial charge in [-0.3, -0.25) is 0 Å². The standard InChI is InChI=1S/C11H26O4Si/c1-6-11(12-7-2,13-8-3)16(14-9-4)15-10-5/h16H,6-10H2,1-5H3. The first-order chi connectivity index (χ1) is 7.70. The molecule has 0 heterocycles. The molecule has 0 amide bonds. The van der Waals surface area contributed by atoms with Gasteiger partial charge in [0.2, 0.25) is 5.41 Å². The molecule has 0 radical (unpaired) electrons. The molecular weight excluding hydrogens is 224 g/mol. The minimum absolute atomic E-state index is 0.609. The van der Waals surface area contributed by atoms with Crippen molar-refractivity contribution in [1.29, 1.82) is 0 Å². The highest BCUT2D eigenvalue weighted by Gasteiger charge is 2.43. The van der Waals surface area contributed by atoms with Crippen molar-refractivity contribution in [3.8, 4) is 0 Å². The summed E-state index contributed by atoms with van der Waals surface area (Å²) in [7, 11) is -1.96. The lowest BCUT2D eigenvalue weighted by atomic mass is 10.4. The summed E-state index contributed by atoms with van der Waals surface area (Å²) in [6, 6.07) is 0. The van der Waals surface area contributed by atoms with Crippen molar-refractivity contribution in [2.75, 3.05) is 26.4 Å². The van der Waals surface area contributed by atoms with E-state index in [1.165, 1.54) is 0 Å². The Morgan fingerprint density at radius 2 is 1.19 bits per heavy atom. The fraction of sp³-hybridized carbons (Fsp3) is 1.00. The van der Waals surface area contributed by atoms with Crippen LogP contribution in [0.2, 0.25) is 0 Å². The van der Waals surface area contributed by atoms with Gasteiger partial charge in [-0.2, -0.15) is 0 Å².